The number of ether oxygens (including phenoxy) is 1. The van der Waals surface area contributed by atoms with Crippen molar-refractivity contribution in [2.45, 2.75) is 38.7 Å². The molecule has 2 fully saturated rings. The second kappa shape index (κ2) is 7.02. The second-order valence-corrected chi connectivity index (χ2v) is 7.57. The molecule has 19 heavy (non-hydrogen) atoms. The molecule has 0 aliphatic carbocycles. The Morgan fingerprint density at radius 3 is 2.58 bits per heavy atom. The average Bonchev–Trinajstić information content (AvgIpc) is 2.89. The van der Waals surface area contributed by atoms with Crippen molar-refractivity contribution >= 4 is 10.0 Å². The molecule has 0 amide bonds. The maximum atomic E-state index is 12.5. The van der Waals surface area contributed by atoms with Crippen LogP contribution in [0.5, 0.6) is 0 Å². The number of nitrogens with one attached hydrogen (secondary N) is 1. The van der Waals surface area contributed by atoms with Crippen molar-refractivity contribution in [3.8, 4) is 0 Å². The van der Waals surface area contributed by atoms with Gasteiger partial charge in [0.2, 0.25) is 10.0 Å². The highest BCUT2D eigenvalue weighted by atomic mass is 32.2. The minimum atomic E-state index is -3.13. The predicted octanol–water partition coefficient (Wildman–Crippen LogP) is 0.817. The summed E-state index contributed by atoms with van der Waals surface area (Å²) in [4.78, 5) is 0. The van der Waals surface area contributed by atoms with Crippen LogP contribution in [0, 0.1) is 5.92 Å². The van der Waals surface area contributed by atoms with E-state index in [0.29, 0.717) is 24.8 Å². The standard InChI is InChI=1S/C13H26N2O3S/c1-2-15(10-13-4-3-9-18-13)19(16,17)11-12-5-7-14-8-6-12/h12-14H,2-11H2,1H3. The van der Waals surface area contributed by atoms with E-state index >= 15 is 0 Å². The monoisotopic (exact) mass is 290 g/mol. The van der Waals surface area contributed by atoms with Gasteiger partial charge in [0.05, 0.1) is 11.9 Å². The van der Waals surface area contributed by atoms with Gasteiger partial charge in [0.15, 0.2) is 0 Å². The first-order valence-corrected chi connectivity index (χ1v) is 9.03. The molecular formula is C13H26N2O3S. The molecule has 0 bridgehead atoms. The minimum Gasteiger partial charge on any atom is -0.377 e. The zero-order valence-corrected chi connectivity index (χ0v) is 12.6. The summed E-state index contributed by atoms with van der Waals surface area (Å²) in [5, 5.41) is 3.27. The van der Waals surface area contributed by atoms with Gasteiger partial charge in [-0.1, -0.05) is 6.92 Å². The molecule has 2 aliphatic heterocycles. The average molecular weight is 290 g/mol. The molecule has 0 spiro atoms. The molecule has 0 radical (unpaired) electrons. The van der Waals surface area contributed by atoms with Crippen molar-refractivity contribution < 1.29 is 13.2 Å². The Kier molecular flexibility index (Phi) is 5.62. The van der Waals surface area contributed by atoms with E-state index in [4.69, 9.17) is 4.74 Å². The molecule has 1 N–H and O–H groups in total. The first kappa shape index (κ1) is 15.2. The number of hydrogen-bond donors (Lipinski definition) is 1. The van der Waals surface area contributed by atoms with Gasteiger partial charge < -0.3 is 10.1 Å². The SMILES string of the molecule is CCN(CC1CCCO1)S(=O)(=O)CC1CCNCC1. The van der Waals surface area contributed by atoms with Gasteiger partial charge in [0.1, 0.15) is 0 Å². The van der Waals surface area contributed by atoms with Crippen molar-refractivity contribution in [2.75, 3.05) is 38.5 Å². The largest absolute Gasteiger partial charge is 0.377 e. The smallest absolute Gasteiger partial charge is 0.214 e. The molecule has 2 aliphatic rings. The molecule has 0 saturated carbocycles. The van der Waals surface area contributed by atoms with Crippen molar-refractivity contribution in [2.24, 2.45) is 5.92 Å². The summed E-state index contributed by atoms with van der Waals surface area (Å²) < 4.78 is 32.1. The number of piperidine rings is 1. The molecule has 0 aromatic rings. The Balaban J connectivity index is 1.90. The fourth-order valence-corrected chi connectivity index (χ4v) is 4.83. The van der Waals surface area contributed by atoms with E-state index in [-0.39, 0.29) is 6.10 Å². The van der Waals surface area contributed by atoms with Gasteiger partial charge in [0, 0.05) is 19.7 Å². The summed E-state index contributed by atoms with van der Waals surface area (Å²) in [6, 6.07) is 0. The molecule has 0 aromatic carbocycles. The quantitative estimate of drug-likeness (QED) is 0.787. The highest BCUT2D eigenvalue weighted by Gasteiger charge is 2.29. The van der Waals surface area contributed by atoms with Crippen LogP contribution in [-0.2, 0) is 14.8 Å². The van der Waals surface area contributed by atoms with Crippen LogP contribution in [-0.4, -0.2) is 57.4 Å². The highest BCUT2D eigenvalue weighted by Crippen LogP contribution is 2.19. The lowest BCUT2D eigenvalue weighted by atomic mass is 10.0. The van der Waals surface area contributed by atoms with Gasteiger partial charge >= 0.3 is 0 Å². The molecule has 5 nitrogen and oxygen atoms in total. The van der Waals surface area contributed by atoms with Gasteiger partial charge in [-0.3, -0.25) is 0 Å². The molecule has 1 atom stereocenters. The number of likely N-dealkylation sites (N-methyl/N-ethyl adjacent to an activating group) is 1. The van der Waals surface area contributed by atoms with E-state index in [0.717, 1.165) is 45.4 Å². The zero-order chi connectivity index (χ0) is 13.7. The van der Waals surface area contributed by atoms with Crippen molar-refractivity contribution in [3.05, 3.63) is 0 Å². The molecule has 2 rings (SSSR count). The molecule has 2 heterocycles. The third-order valence-electron chi connectivity index (χ3n) is 4.08. The van der Waals surface area contributed by atoms with E-state index in [1.165, 1.54) is 0 Å². The maximum absolute atomic E-state index is 12.5. The Labute approximate surface area is 116 Å². The molecule has 0 aromatic heterocycles. The lowest BCUT2D eigenvalue weighted by Crippen LogP contribution is -2.41. The zero-order valence-electron chi connectivity index (χ0n) is 11.8. The lowest BCUT2D eigenvalue weighted by molar-refractivity contribution is 0.0945. The van der Waals surface area contributed by atoms with Crippen LogP contribution >= 0.6 is 0 Å². The van der Waals surface area contributed by atoms with Crippen molar-refractivity contribution in [1.82, 2.24) is 9.62 Å². The van der Waals surface area contributed by atoms with Gasteiger partial charge in [-0.15, -0.1) is 0 Å². The van der Waals surface area contributed by atoms with E-state index in [9.17, 15) is 8.42 Å². The van der Waals surface area contributed by atoms with Crippen LogP contribution in [0.4, 0.5) is 0 Å². The predicted molar refractivity (Wildman–Crippen MR) is 75.6 cm³/mol. The minimum absolute atomic E-state index is 0.0998. The summed E-state index contributed by atoms with van der Waals surface area (Å²) in [6.07, 6.45) is 4.08. The van der Waals surface area contributed by atoms with Crippen LogP contribution in [0.3, 0.4) is 0 Å². The van der Waals surface area contributed by atoms with Crippen molar-refractivity contribution in [3.63, 3.8) is 0 Å². The van der Waals surface area contributed by atoms with E-state index in [2.05, 4.69) is 5.32 Å². The second-order valence-electron chi connectivity index (χ2n) is 5.56. The lowest BCUT2D eigenvalue weighted by Gasteiger charge is -2.28. The normalized spacial score (nSPS) is 26.1. The van der Waals surface area contributed by atoms with Crippen LogP contribution < -0.4 is 5.32 Å². The first-order chi connectivity index (χ1) is 9.12. The third kappa shape index (κ3) is 4.41. The summed E-state index contributed by atoms with van der Waals surface area (Å²) >= 11 is 0. The summed E-state index contributed by atoms with van der Waals surface area (Å²) in [7, 11) is -3.13. The molecular weight excluding hydrogens is 264 g/mol. The number of sulfonamides is 1. The van der Waals surface area contributed by atoms with E-state index in [1.54, 1.807) is 4.31 Å². The van der Waals surface area contributed by atoms with Gasteiger partial charge in [-0.2, -0.15) is 4.31 Å². The topological polar surface area (TPSA) is 58.6 Å². The number of nitrogens with zero attached hydrogens (tertiary/aromatic N) is 1. The summed E-state index contributed by atoms with van der Waals surface area (Å²) in [6.45, 7) is 5.65. The van der Waals surface area contributed by atoms with Crippen LogP contribution in [0.1, 0.15) is 32.6 Å². The maximum Gasteiger partial charge on any atom is 0.214 e. The molecule has 2 saturated heterocycles. The number of hydrogen-bond acceptors (Lipinski definition) is 4. The molecule has 112 valence electrons. The Morgan fingerprint density at radius 2 is 2.00 bits per heavy atom. The van der Waals surface area contributed by atoms with Gasteiger partial charge in [-0.25, -0.2) is 8.42 Å². The fraction of sp³-hybridized carbons (Fsp3) is 1.00. The highest BCUT2D eigenvalue weighted by molar-refractivity contribution is 7.89. The third-order valence-corrected chi connectivity index (χ3v) is 6.17. The number of rotatable bonds is 6. The van der Waals surface area contributed by atoms with E-state index < -0.39 is 10.0 Å². The Bertz CT molecular complexity index is 360. The van der Waals surface area contributed by atoms with Crippen LogP contribution in [0.2, 0.25) is 0 Å². The van der Waals surface area contributed by atoms with E-state index in [1.807, 2.05) is 6.92 Å². The molecule has 1 unspecified atom stereocenters. The Morgan fingerprint density at radius 1 is 1.26 bits per heavy atom. The van der Waals surface area contributed by atoms with Crippen molar-refractivity contribution in [1.29, 1.82) is 0 Å². The van der Waals surface area contributed by atoms with Crippen LogP contribution in [0.25, 0.3) is 0 Å². The molecule has 6 heteroatoms. The van der Waals surface area contributed by atoms with Crippen LogP contribution in [0.15, 0.2) is 0 Å². The Hall–Kier alpha value is -0.170. The summed E-state index contributed by atoms with van der Waals surface area (Å²) in [5.41, 5.74) is 0. The van der Waals surface area contributed by atoms with Gasteiger partial charge in [0.25, 0.3) is 0 Å². The van der Waals surface area contributed by atoms with Gasteiger partial charge in [-0.05, 0) is 44.7 Å². The summed E-state index contributed by atoms with van der Waals surface area (Å²) in [5.74, 6) is 0.611. The first-order valence-electron chi connectivity index (χ1n) is 7.42. The fourth-order valence-electron chi connectivity index (χ4n) is 2.91.